The third-order valence-corrected chi connectivity index (χ3v) is 6.42. The third-order valence-electron chi connectivity index (χ3n) is 5.78. The fourth-order valence-electron chi connectivity index (χ4n) is 3.85. The molecule has 174 valence electrons. The number of ether oxygens (including phenoxy) is 2. The van der Waals surface area contributed by atoms with Crippen LogP contribution in [0.15, 0.2) is 35.5 Å². The van der Waals surface area contributed by atoms with Crippen molar-refractivity contribution in [2.24, 2.45) is 5.92 Å². The predicted molar refractivity (Wildman–Crippen MR) is 109 cm³/mol. The molecule has 1 amide bonds. The van der Waals surface area contributed by atoms with Crippen molar-refractivity contribution in [3.05, 3.63) is 47.7 Å². The molecule has 1 aliphatic rings. The van der Waals surface area contributed by atoms with Crippen molar-refractivity contribution in [3.8, 4) is 5.75 Å². The highest BCUT2D eigenvalue weighted by Crippen LogP contribution is 2.55. The SMILES string of the molecule is COc1c([C@H]2[C@H](C(=O)Nc3ccnc(SC)c3)O[C@@](C)(C(F)(F)F)[C@H]2C)ccc(F)c1F. The van der Waals surface area contributed by atoms with E-state index in [0.29, 0.717) is 10.7 Å². The van der Waals surface area contributed by atoms with Crippen LogP contribution >= 0.6 is 11.8 Å². The number of rotatable bonds is 5. The molecule has 5 nitrogen and oxygen atoms in total. The molecule has 0 saturated carbocycles. The van der Waals surface area contributed by atoms with Crippen LogP contribution in [-0.4, -0.2) is 42.1 Å². The minimum atomic E-state index is -4.83. The molecule has 0 radical (unpaired) electrons. The lowest BCUT2D eigenvalue weighted by Crippen LogP contribution is -2.47. The molecule has 0 bridgehead atoms. The van der Waals surface area contributed by atoms with Crippen LogP contribution in [0.4, 0.5) is 27.6 Å². The Labute approximate surface area is 185 Å². The number of pyridine rings is 1. The van der Waals surface area contributed by atoms with Crippen LogP contribution in [-0.2, 0) is 9.53 Å². The summed E-state index contributed by atoms with van der Waals surface area (Å²) in [5, 5.41) is 3.12. The van der Waals surface area contributed by atoms with E-state index in [2.05, 4.69) is 10.3 Å². The van der Waals surface area contributed by atoms with Crippen LogP contribution in [0.1, 0.15) is 25.3 Å². The molecule has 2 heterocycles. The molecule has 1 fully saturated rings. The van der Waals surface area contributed by atoms with Crippen molar-refractivity contribution in [1.82, 2.24) is 4.98 Å². The average molecular weight is 476 g/mol. The minimum Gasteiger partial charge on any atom is -0.493 e. The molecule has 1 aromatic heterocycles. The fraction of sp³-hybridized carbons (Fsp3) is 0.429. The molecular weight excluding hydrogens is 455 g/mol. The van der Waals surface area contributed by atoms with Crippen molar-refractivity contribution in [1.29, 1.82) is 0 Å². The van der Waals surface area contributed by atoms with Gasteiger partial charge in [-0.1, -0.05) is 13.0 Å². The molecule has 32 heavy (non-hydrogen) atoms. The predicted octanol–water partition coefficient (Wildman–Crippen LogP) is 5.17. The number of hydrogen-bond acceptors (Lipinski definition) is 5. The number of alkyl halides is 3. The summed E-state index contributed by atoms with van der Waals surface area (Å²) in [5.74, 6) is -6.60. The number of benzene rings is 1. The lowest BCUT2D eigenvalue weighted by Gasteiger charge is -2.32. The zero-order valence-electron chi connectivity index (χ0n) is 17.6. The number of nitrogens with zero attached hydrogens (tertiary/aromatic N) is 1. The Hall–Kier alpha value is -2.40. The van der Waals surface area contributed by atoms with Gasteiger partial charge in [0.15, 0.2) is 17.2 Å². The van der Waals surface area contributed by atoms with Gasteiger partial charge in [-0.25, -0.2) is 9.37 Å². The van der Waals surface area contributed by atoms with Crippen molar-refractivity contribution < 1.29 is 36.2 Å². The second-order valence-corrected chi connectivity index (χ2v) is 8.34. The average Bonchev–Trinajstić information content (AvgIpc) is 3.02. The van der Waals surface area contributed by atoms with Gasteiger partial charge in [0.1, 0.15) is 6.10 Å². The summed E-state index contributed by atoms with van der Waals surface area (Å²) in [4.78, 5) is 17.1. The zero-order chi connectivity index (χ0) is 23.8. The zero-order valence-corrected chi connectivity index (χ0v) is 18.4. The second kappa shape index (κ2) is 8.86. The molecule has 1 aliphatic heterocycles. The maximum atomic E-state index is 14.4. The van der Waals surface area contributed by atoms with E-state index in [1.54, 1.807) is 12.3 Å². The van der Waals surface area contributed by atoms with Crippen molar-refractivity contribution in [2.45, 2.75) is 42.7 Å². The van der Waals surface area contributed by atoms with E-state index in [9.17, 15) is 26.7 Å². The summed E-state index contributed by atoms with van der Waals surface area (Å²) in [7, 11) is 1.07. The smallest absolute Gasteiger partial charge is 0.417 e. The normalized spacial score (nSPS) is 25.6. The first-order valence-electron chi connectivity index (χ1n) is 9.52. The van der Waals surface area contributed by atoms with Gasteiger partial charge in [0.2, 0.25) is 5.82 Å². The van der Waals surface area contributed by atoms with Crippen LogP contribution in [0, 0.1) is 17.6 Å². The van der Waals surface area contributed by atoms with E-state index in [4.69, 9.17) is 9.47 Å². The summed E-state index contributed by atoms with van der Waals surface area (Å²) in [6, 6.07) is 4.93. The van der Waals surface area contributed by atoms with Crippen molar-refractivity contribution in [2.75, 3.05) is 18.7 Å². The monoisotopic (exact) mass is 476 g/mol. The Kier molecular flexibility index (Phi) is 6.71. The van der Waals surface area contributed by atoms with E-state index in [1.165, 1.54) is 30.9 Å². The Morgan fingerprint density at radius 2 is 1.97 bits per heavy atom. The Morgan fingerprint density at radius 1 is 1.28 bits per heavy atom. The summed E-state index contributed by atoms with van der Waals surface area (Å²) < 4.78 is 80.2. The van der Waals surface area contributed by atoms with Gasteiger partial charge < -0.3 is 14.8 Å². The highest BCUT2D eigenvalue weighted by molar-refractivity contribution is 7.98. The molecule has 4 atom stereocenters. The number of methoxy groups -OCH3 is 1. The van der Waals surface area contributed by atoms with Crippen molar-refractivity contribution >= 4 is 23.4 Å². The Bertz CT molecular complexity index is 1020. The van der Waals surface area contributed by atoms with E-state index in [0.717, 1.165) is 26.2 Å². The summed E-state index contributed by atoms with van der Waals surface area (Å²) >= 11 is 1.31. The number of aromatic nitrogens is 1. The molecular formula is C21H21F5N2O3S. The highest BCUT2D eigenvalue weighted by Gasteiger charge is 2.65. The van der Waals surface area contributed by atoms with Crippen molar-refractivity contribution in [3.63, 3.8) is 0 Å². The van der Waals surface area contributed by atoms with Gasteiger partial charge in [0.05, 0.1) is 12.1 Å². The topological polar surface area (TPSA) is 60.5 Å². The van der Waals surface area contributed by atoms with Crippen LogP contribution in [0.25, 0.3) is 0 Å². The van der Waals surface area contributed by atoms with Gasteiger partial charge in [0.25, 0.3) is 5.91 Å². The van der Waals surface area contributed by atoms with Crippen LogP contribution in [0.2, 0.25) is 0 Å². The molecule has 1 saturated heterocycles. The molecule has 0 unspecified atom stereocenters. The summed E-state index contributed by atoms with van der Waals surface area (Å²) in [6.45, 7) is 2.09. The lowest BCUT2D eigenvalue weighted by atomic mass is 9.77. The quantitative estimate of drug-likeness (QED) is 0.477. The third kappa shape index (κ3) is 4.15. The number of hydrogen-bond donors (Lipinski definition) is 1. The summed E-state index contributed by atoms with van der Waals surface area (Å²) in [6.07, 6.45) is -3.26. The first kappa shape index (κ1) is 24.2. The molecule has 2 aromatic rings. The van der Waals surface area contributed by atoms with E-state index < -0.39 is 53.0 Å². The first-order chi connectivity index (χ1) is 14.9. The Balaban J connectivity index is 2.07. The van der Waals surface area contributed by atoms with Gasteiger partial charge in [0, 0.05) is 29.3 Å². The van der Waals surface area contributed by atoms with Crippen LogP contribution < -0.4 is 10.1 Å². The maximum absolute atomic E-state index is 14.4. The van der Waals surface area contributed by atoms with Gasteiger partial charge in [-0.05, 0) is 31.4 Å². The standard InChI is InChI=1S/C21H21F5N2O3S/c1-10-15(12-5-6-13(22)16(23)17(12)30-3)18(31-20(10,2)21(24,25)26)19(29)28-11-7-8-27-14(9-11)32-4/h5-10,15,18H,1-4H3,(H,27,28,29)/t10-,15-,18+,20+/m0/s1. The molecule has 11 heteroatoms. The van der Waals surface area contributed by atoms with Gasteiger partial charge in [-0.2, -0.15) is 17.6 Å². The molecule has 1 N–H and O–H groups in total. The lowest BCUT2D eigenvalue weighted by molar-refractivity contribution is -0.272. The Morgan fingerprint density at radius 3 is 2.56 bits per heavy atom. The number of thioether (sulfide) groups is 1. The van der Waals surface area contributed by atoms with Crippen LogP contribution in [0.5, 0.6) is 5.75 Å². The maximum Gasteiger partial charge on any atom is 0.417 e. The molecule has 3 rings (SSSR count). The molecule has 1 aromatic carbocycles. The number of carbonyl (C=O) groups excluding carboxylic acids is 1. The molecule has 0 aliphatic carbocycles. The number of halogens is 5. The summed E-state index contributed by atoms with van der Waals surface area (Å²) in [5.41, 5.74) is -2.49. The number of amides is 1. The van der Waals surface area contributed by atoms with E-state index >= 15 is 0 Å². The minimum absolute atomic E-state index is 0.0912. The van der Waals surface area contributed by atoms with Crippen LogP contribution in [0.3, 0.4) is 0 Å². The number of anilines is 1. The first-order valence-corrected chi connectivity index (χ1v) is 10.7. The number of nitrogens with one attached hydrogen (secondary N) is 1. The highest BCUT2D eigenvalue weighted by atomic mass is 32.2. The number of carbonyl (C=O) groups is 1. The fourth-order valence-corrected chi connectivity index (χ4v) is 4.26. The van der Waals surface area contributed by atoms with E-state index in [1.807, 2.05) is 0 Å². The van der Waals surface area contributed by atoms with Gasteiger partial charge in [-0.15, -0.1) is 11.8 Å². The van der Waals surface area contributed by atoms with Gasteiger partial charge >= 0.3 is 6.18 Å². The molecule has 0 spiro atoms. The second-order valence-electron chi connectivity index (χ2n) is 7.52. The van der Waals surface area contributed by atoms with Gasteiger partial charge in [-0.3, -0.25) is 4.79 Å². The largest absolute Gasteiger partial charge is 0.493 e. The van der Waals surface area contributed by atoms with E-state index in [-0.39, 0.29) is 5.56 Å².